The summed E-state index contributed by atoms with van der Waals surface area (Å²) in [5, 5.41) is 4.27. The number of esters is 1. The second kappa shape index (κ2) is 6.04. The van der Waals surface area contributed by atoms with Crippen molar-refractivity contribution in [1.29, 1.82) is 0 Å². The van der Waals surface area contributed by atoms with Crippen molar-refractivity contribution in [3.8, 4) is 11.3 Å². The minimum atomic E-state index is -0.388. The number of fused-ring (bicyclic) bond motifs is 1. The summed E-state index contributed by atoms with van der Waals surface area (Å²) >= 11 is 0. The Kier molecular flexibility index (Phi) is 3.92. The quantitative estimate of drug-likeness (QED) is 0.684. The molecule has 2 heterocycles. The van der Waals surface area contributed by atoms with E-state index in [1.165, 1.54) is 18.0 Å². The van der Waals surface area contributed by atoms with Crippen molar-refractivity contribution in [3.05, 3.63) is 46.5 Å². The summed E-state index contributed by atoms with van der Waals surface area (Å²) in [6.07, 6.45) is 1.44. The molecule has 0 radical (unpaired) electrons. The largest absolute Gasteiger partial charge is 0.469 e. The smallest absolute Gasteiger partial charge is 0.307 e. The summed E-state index contributed by atoms with van der Waals surface area (Å²) in [7, 11) is 1.31. The average molecular weight is 313 g/mol. The summed E-state index contributed by atoms with van der Waals surface area (Å²) in [6, 6.07) is 7.61. The molecule has 0 amide bonds. The van der Waals surface area contributed by atoms with E-state index in [0.29, 0.717) is 11.1 Å². The monoisotopic (exact) mass is 313 g/mol. The van der Waals surface area contributed by atoms with Gasteiger partial charge in [-0.3, -0.25) is 14.2 Å². The van der Waals surface area contributed by atoms with Crippen molar-refractivity contribution in [2.24, 2.45) is 0 Å². The molecule has 0 unspecified atom stereocenters. The van der Waals surface area contributed by atoms with Gasteiger partial charge < -0.3 is 9.26 Å². The lowest BCUT2D eigenvalue weighted by Crippen LogP contribution is -2.22. The zero-order valence-electron chi connectivity index (χ0n) is 12.8. The van der Waals surface area contributed by atoms with Crippen LogP contribution in [0.3, 0.4) is 0 Å². The SMILES string of the molecule is COC(=O)CCn1cnc2onc(-c3ccc(C)cc3)c2c1=O. The number of aromatic nitrogens is 3. The maximum Gasteiger partial charge on any atom is 0.307 e. The number of aryl methyl sites for hydroxylation is 2. The zero-order chi connectivity index (χ0) is 16.4. The average Bonchev–Trinajstić information content (AvgIpc) is 2.99. The van der Waals surface area contributed by atoms with E-state index >= 15 is 0 Å². The summed E-state index contributed by atoms with van der Waals surface area (Å²) in [6.45, 7) is 2.17. The number of carbonyl (C=O) groups excluding carboxylic acids is 1. The Hall–Kier alpha value is -2.96. The Morgan fingerprint density at radius 1 is 1.30 bits per heavy atom. The minimum Gasteiger partial charge on any atom is -0.469 e. The highest BCUT2D eigenvalue weighted by molar-refractivity contribution is 5.88. The van der Waals surface area contributed by atoms with Crippen molar-refractivity contribution in [1.82, 2.24) is 14.7 Å². The lowest BCUT2D eigenvalue weighted by atomic mass is 10.1. The van der Waals surface area contributed by atoms with Crippen LogP contribution in [0.2, 0.25) is 0 Å². The Balaban J connectivity index is 2.05. The molecular weight excluding hydrogens is 298 g/mol. The van der Waals surface area contributed by atoms with Gasteiger partial charge >= 0.3 is 5.97 Å². The Morgan fingerprint density at radius 2 is 2.04 bits per heavy atom. The van der Waals surface area contributed by atoms with Gasteiger partial charge in [-0.1, -0.05) is 35.0 Å². The molecule has 0 N–H and O–H groups in total. The first kappa shape index (κ1) is 15.0. The Morgan fingerprint density at radius 3 is 2.74 bits per heavy atom. The molecule has 0 atom stereocenters. The molecule has 1 aromatic carbocycles. The van der Waals surface area contributed by atoms with E-state index in [9.17, 15) is 9.59 Å². The predicted molar refractivity (Wildman–Crippen MR) is 82.9 cm³/mol. The Labute approximate surface area is 131 Å². The molecular formula is C16H15N3O4. The van der Waals surface area contributed by atoms with Gasteiger partial charge in [0.25, 0.3) is 11.3 Å². The Bertz CT molecular complexity index is 909. The molecule has 2 aromatic heterocycles. The number of hydrogen-bond acceptors (Lipinski definition) is 6. The number of rotatable bonds is 4. The third kappa shape index (κ3) is 2.85. The van der Waals surface area contributed by atoms with E-state index in [0.717, 1.165) is 11.1 Å². The van der Waals surface area contributed by atoms with Crippen LogP contribution in [-0.2, 0) is 16.1 Å². The highest BCUT2D eigenvalue weighted by atomic mass is 16.5. The molecule has 3 aromatic rings. The number of ether oxygens (including phenoxy) is 1. The van der Waals surface area contributed by atoms with Crippen LogP contribution in [0.5, 0.6) is 0 Å². The van der Waals surface area contributed by atoms with Crippen molar-refractivity contribution >= 4 is 17.1 Å². The van der Waals surface area contributed by atoms with Crippen molar-refractivity contribution in [2.45, 2.75) is 19.9 Å². The molecule has 118 valence electrons. The lowest BCUT2D eigenvalue weighted by molar-refractivity contribution is -0.140. The molecule has 0 aliphatic heterocycles. The third-order valence-corrected chi connectivity index (χ3v) is 3.57. The molecule has 0 aliphatic carbocycles. The van der Waals surface area contributed by atoms with E-state index < -0.39 is 0 Å². The summed E-state index contributed by atoms with van der Waals surface area (Å²) in [5.74, 6) is -0.388. The first-order valence-electron chi connectivity index (χ1n) is 7.09. The molecule has 0 saturated heterocycles. The number of hydrogen-bond donors (Lipinski definition) is 0. The standard InChI is InChI=1S/C16H15N3O4/c1-10-3-5-11(6-4-10)14-13-15(23-18-14)17-9-19(16(13)21)8-7-12(20)22-2/h3-6,9H,7-8H2,1-2H3. The van der Waals surface area contributed by atoms with E-state index in [-0.39, 0.29) is 30.2 Å². The van der Waals surface area contributed by atoms with E-state index in [4.69, 9.17) is 4.52 Å². The van der Waals surface area contributed by atoms with Crippen LogP contribution < -0.4 is 5.56 Å². The van der Waals surface area contributed by atoms with Gasteiger partial charge in [0.2, 0.25) is 0 Å². The lowest BCUT2D eigenvalue weighted by Gasteiger charge is -2.04. The van der Waals surface area contributed by atoms with Crippen LogP contribution >= 0.6 is 0 Å². The molecule has 7 heteroatoms. The second-order valence-electron chi connectivity index (χ2n) is 5.15. The number of nitrogens with zero attached hydrogens (tertiary/aromatic N) is 3. The van der Waals surface area contributed by atoms with Crippen LogP contribution in [0, 0.1) is 6.92 Å². The summed E-state index contributed by atoms with van der Waals surface area (Å²) < 4.78 is 11.1. The molecule has 3 rings (SSSR count). The van der Waals surface area contributed by atoms with Crippen molar-refractivity contribution in [3.63, 3.8) is 0 Å². The van der Waals surface area contributed by atoms with Crippen LogP contribution in [0.25, 0.3) is 22.4 Å². The molecule has 7 nitrogen and oxygen atoms in total. The second-order valence-corrected chi connectivity index (χ2v) is 5.15. The number of methoxy groups -OCH3 is 1. The van der Waals surface area contributed by atoms with E-state index in [2.05, 4.69) is 14.9 Å². The highest BCUT2D eigenvalue weighted by Crippen LogP contribution is 2.24. The fourth-order valence-corrected chi connectivity index (χ4v) is 2.26. The van der Waals surface area contributed by atoms with Gasteiger partial charge in [-0.25, -0.2) is 4.98 Å². The number of carbonyl (C=O) groups is 1. The van der Waals surface area contributed by atoms with Gasteiger partial charge in [-0.2, -0.15) is 0 Å². The normalized spacial score (nSPS) is 10.9. The van der Waals surface area contributed by atoms with Gasteiger partial charge in [0.1, 0.15) is 17.4 Å². The van der Waals surface area contributed by atoms with Crippen molar-refractivity contribution < 1.29 is 14.1 Å². The molecule has 0 fully saturated rings. The summed E-state index contributed by atoms with van der Waals surface area (Å²) in [5.41, 5.74) is 2.22. The maximum atomic E-state index is 12.6. The minimum absolute atomic E-state index is 0.0920. The van der Waals surface area contributed by atoms with Crippen LogP contribution in [0.1, 0.15) is 12.0 Å². The fraction of sp³-hybridized carbons (Fsp3) is 0.250. The third-order valence-electron chi connectivity index (χ3n) is 3.57. The molecule has 23 heavy (non-hydrogen) atoms. The van der Waals surface area contributed by atoms with Crippen LogP contribution in [0.15, 0.2) is 39.9 Å². The topological polar surface area (TPSA) is 87.2 Å². The zero-order valence-corrected chi connectivity index (χ0v) is 12.8. The van der Waals surface area contributed by atoms with E-state index in [1.54, 1.807) is 0 Å². The number of benzene rings is 1. The molecule has 0 aliphatic rings. The summed E-state index contributed by atoms with van der Waals surface area (Å²) in [4.78, 5) is 28.0. The molecule has 0 saturated carbocycles. The van der Waals surface area contributed by atoms with E-state index in [1.807, 2.05) is 31.2 Å². The van der Waals surface area contributed by atoms with Gasteiger partial charge in [0.05, 0.1) is 13.5 Å². The van der Waals surface area contributed by atoms with Crippen molar-refractivity contribution in [2.75, 3.05) is 7.11 Å². The predicted octanol–water partition coefficient (Wildman–Crippen LogP) is 1.92. The maximum absolute atomic E-state index is 12.6. The highest BCUT2D eigenvalue weighted by Gasteiger charge is 2.17. The van der Waals surface area contributed by atoms with Gasteiger partial charge in [-0.05, 0) is 6.92 Å². The molecule has 0 spiro atoms. The first-order valence-corrected chi connectivity index (χ1v) is 7.09. The first-order chi connectivity index (χ1) is 11.1. The van der Waals surface area contributed by atoms with Gasteiger partial charge in [-0.15, -0.1) is 0 Å². The molecule has 0 bridgehead atoms. The van der Waals surface area contributed by atoms with Crippen LogP contribution in [0.4, 0.5) is 0 Å². The van der Waals surface area contributed by atoms with Gasteiger partial charge in [0.15, 0.2) is 0 Å². The fourth-order valence-electron chi connectivity index (χ4n) is 2.26. The van der Waals surface area contributed by atoms with Crippen LogP contribution in [-0.4, -0.2) is 27.8 Å². The van der Waals surface area contributed by atoms with Gasteiger partial charge in [0, 0.05) is 12.1 Å².